The van der Waals surface area contributed by atoms with Crippen LogP contribution in [0.4, 0.5) is 0 Å². The maximum absolute atomic E-state index is 9.29. The Morgan fingerprint density at radius 3 is 2.85 bits per heavy atom. The molecule has 2 rings (SSSR count). The smallest absolute Gasteiger partial charge is 0.0933 e. The van der Waals surface area contributed by atoms with Crippen LogP contribution in [0, 0.1) is 11.8 Å². The molecule has 5 atom stereocenters. The van der Waals surface area contributed by atoms with E-state index < -0.39 is 0 Å². The number of aliphatic hydroxyl groups is 1. The lowest BCUT2D eigenvalue weighted by Gasteiger charge is -2.42. The van der Waals surface area contributed by atoms with E-state index in [1.807, 2.05) is 0 Å². The molecule has 1 saturated carbocycles. The Morgan fingerprint density at radius 1 is 1.35 bits per heavy atom. The van der Waals surface area contributed by atoms with Crippen LogP contribution >= 0.6 is 0 Å². The fourth-order valence-electron chi connectivity index (χ4n) is 3.81. The first-order chi connectivity index (χ1) is 9.63. The molecule has 1 aliphatic heterocycles. The molecule has 3 N–H and O–H groups in total. The lowest BCUT2D eigenvalue weighted by molar-refractivity contribution is -0.0839. The molecular weight excluding hydrogens is 252 g/mol. The minimum atomic E-state index is -0.0162. The average Bonchev–Trinajstić information content (AvgIpc) is 2.45. The van der Waals surface area contributed by atoms with Gasteiger partial charge in [0.05, 0.1) is 19.3 Å². The van der Waals surface area contributed by atoms with Crippen molar-refractivity contribution in [1.82, 2.24) is 4.90 Å². The molecule has 0 aromatic heterocycles. The quantitative estimate of drug-likeness (QED) is 0.805. The van der Waals surface area contributed by atoms with Gasteiger partial charge in [-0.15, -0.1) is 0 Å². The Kier molecular flexibility index (Phi) is 6.27. The summed E-state index contributed by atoms with van der Waals surface area (Å²) in [6, 6.07) is 0.794. The minimum absolute atomic E-state index is 0.0162. The van der Waals surface area contributed by atoms with Crippen molar-refractivity contribution in [3.8, 4) is 0 Å². The maximum atomic E-state index is 9.29. The molecule has 0 bridgehead atoms. The molecule has 1 saturated heterocycles. The highest BCUT2D eigenvalue weighted by Crippen LogP contribution is 2.32. The van der Waals surface area contributed by atoms with Crippen molar-refractivity contribution >= 4 is 0 Å². The number of nitrogens with two attached hydrogens (primary N) is 1. The van der Waals surface area contributed by atoms with Crippen molar-refractivity contribution in [2.75, 3.05) is 26.3 Å². The molecule has 4 nitrogen and oxygen atoms in total. The van der Waals surface area contributed by atoms with Gasteiger partial charge in [0.25, 0.3) is 0 Å². The largest absolute Gasteiger partial charge is 0.394 e. The van der Waals surface area contributed by atoms with Gasteiger partial charge < -0.3 is 15.6 Å². The molecule has 0 aromatic rings. The van der Waals surface area contributed by atoms with Crippen molar-refractivity contribution < 1.29 is 9.84 Å². The highest BCUT2D eigenvalue weighted by Gasteiger charge is 2.32. The van der Waals surface area contributed by atoms with Crippen molar-refractivity contribution in [3.05, 3.63) is 0 Å². The van der Waals surface area contributed by atoms with Gasteiger partial charge in [-0.2, -0.15) is 0 Å². The fraction of sp³-hybridized carbons (Fsp3) is 1.00. The second kappa shape index (κ2) is 7.74. The third-order valence-corrected chi connectivity index (χ3v) is 5.15. The van der Waals surface area contributed by atoms with Gasteiger partial charge in [-0.05, 0) is 38.0 Å². The summed E-state index contributed by atoms with van der Waals surface area (Å²) in [5.74, 6) is 1.48. The van der Waals surface area contributed by atoms with E-state index in [0.717, 1.165) is 25.6 Å². The predicted molar refractivity (Wildman–Crippen MR) is 81.6 cm³/mol. The van der Waals surface area contributed by atoms with E-state index in [0.29, 0.717) is 18.0 Å². The summed E-state index contributed by atoms with van der Waals surface area (Å²) in [7, 11) is 0. The molecule has 118 valence electrons. The Labute approximate surface area is 123 Å². The van der Waals surface area contributed by atoms with Gasteiger partial charge >= 0.3 is 0 Å². The van der Waals surface area contributed by atoms with Crippen LogP contribution in [0.5, 0.6) is 0 Å². The highest BCUT2D eigenvalue weighted by molar-refractivity contribution is 4.87. The molecule has 0 aromatic carbocycles. The summed E-state index contributed by atoms with van der Waals surface area (Å²) in [6.45, 7) is 7.26. The second-order valence-corrected chi connectivity index (χ2v) is 6.83. The van der Waals surface area contributed by atoms with Crippen molar-refractivity contribution in [2.24, 2.45) is 17.6 Å². The number of rotatable bonds is 5. The van der Waals surface area contributed by atoms with E-state index in [9.17, 15) is 5.11 Å². The van der Waals surface area contributed by atoms with E-state index >= 15 is 0 Å². The zero-order chi connectivity index (χ0) is 14.5. The third kappa shape index (κ3) is 4.17. The first kappa shape index (κ1) is 16.2. The first-order valence-corrected chi connectivity index (χ1v) is 8.36. The van der Waals surface area contributed by atoms with E-state index in [2.05, 4.69) is 18.7 Å². The topological polar surface area (TPSA) is 58.7 Å². The number of ether oxygens (including phenoxy) is 1. The number of morpholine rings is 1. The Bertz CT molecular complexity index is 288. The van der Waals surface area contributed by atoms with Gasteiger partial charge in [0.15, 0.2) is 0 Å². The lowest BCUT2D eigenvalue weighted by Crippen LogP contribution is -2.53. The number of hydrogen-bond donors (Lipinski definition) is 2. The number of hydrogen-bond acceptors (Lipinski definition) is 4. The number of aliphatic hydroxyl groups excluding tert-OH is 1. The van der Waals surface area contributed by atoms with Gasteiger partial charge in [-0.1, -0.05) is 19.8 Å². The summed E-state index contributed by atoms with van der Waals surface area (Å²) in [6.07, 6.45) is 6.38. The third-order valence-electron chi connectivity index (χ3n) is 5.15. The van der Waals surface area contributed by atoms with Gasteiger partial charge in [0, 0.05) is 25.2 Å². The Morgan fingerprint density at radius 2 is 2.15 bits per heavy atom. The molecule has 4 heteroatoms. The molecule has 0 amide bonds. The van der Waals surface area contributed by atoms with Crippen LogP contribution in [-0.4, -0.2) is 54.5 Å². The summed E-state index contributed by atoms with van der Waals surface area (Å²) in [5.41, 5.74) is 6.36. The summed E-state index contributed by atoms with van der Waals surface area (Å²) in [4.78, 5) is 2.48. The Balaban J connectivity index is 1.89. The Hall–Kier alpha value is -0.160. The number of nitrogens with zero attached hydrogens (tertiary/aromatic N) is 1. The molecule has 0 spiro atoms. The molecule has 0 radical (unpaired) electrons. The second-order valence-electron chi connectivity index (χ2n) is 6.83. The van der Waals surface area contributed by atoms with Gasteiger partial charge in [0.2, 0.25) is 0 Å². The van der Waals surface area contributed by atoms with Crippen LogP contribution in [0.3, 0.4) is 0 Å². The SMILES string of the molecule is CCCC1CCC(N)C(CN2CC(CO)OCC2C)C1. The molecule has 2 aliphatic rings. The molecule has 20 heavy (non-hydrogen) atoms. The van der Waals surface area contributed by atoms with Crippen LogP contribution in [0.25, 0.3) is 0 Å². The lowest BCUT2D eigenvalue weighted by atomic mass is 9.76. The van der Waals surface area contributed by atoms with Crippen molar-refractivity contribution in [1.29, 1.82) is 0 Å². The summed E-state index contributed by atoms with van der Waals surface area (Å²) >= 11 is 0. The maximum Gasteiger partial charge on any atom is 0.0933 e. The van der Waals surface area contributed by atoms with E-state index in [-0.39, 0.29) is 12.7 Å². The minimum Gasteiger partial charge on any atom is -0.394 e. The van der Waals surface area contributed by atoms with Gasteiger partial charge in [-0.25, -0.2) is 0 Å². The molecule has 5 unspecified atom stereocenters. The van der Waals surface area contributed by atoms with Gasteiger partial charge in [-0.3, -0.25) is 4.90 Å². The monoisotopic (exact) mass is 284 g/mol. The van der Waals surface area contributed by atoms with Crippen LogP contribution in [0.2, 0.25) is 0 Å². The van der Waals surface area contributed by atoms with E-state index in [1.165, 1.54) is 32.1 Å². The van der Waals surface area contributed by atoms with E-state index in [4.69, 9.17) is 10.5 Å². The van der Waals surface area contributed by atoms with Crippen molar-refractivity contribution in [2.45, 2.75) is 64.1 Å². The van der Waals surface area contributed by atoms with Crippen LogP contribution in [-0.2, 0) is 4.74 Å². The summed E-state index contributed by atoms with van der Waals surface area (Å²) < 4.78 is 5.62. The molecule has 2 fully saturated rings. The van der Waals surface area contributed by atoms with Crippen LogP contribution in [0.15, 0.2) is 0 Å². The molecule has 1 heterocycles. The normalized spacial score (nSPS) is 39.9. The van der Waals surface area contributed by atoms with Gasteiger partial charge in [0.1, 0.15) is 0 Å². The molecular formula is C16H32N2O2. The zero-order valence-corrected chi connectivity index (χ0v) is 13.1. The predicted octanol–water partition coefficient (Wildman–Crippen LogP) is 1.61. The molecule has 1 aliphatic carbocycles. The standard InChI is InChI=1S/C16H32N2O2/c1-3-4-13-5-6-16(17)14(7-13)8-18-9-15(10-19)20-11-12(18)2/h12-16,19H,3-11,17H2,1-2H3. The van der Waals surface area contributed by atoms with Crippen molar-refractivity contribution in [3.63, 3.8) is 0 Å². The first-order valence-electron chi connectivity index (χ1n) is 8.36. The van der Waals surface area contributed by atoms with Crippen LogP contribution < -0.4 is 5.73 Å². The highest BCUT2D eigenvalue weighted by atomic mass is 16.5. The summed E-state index contributed by atoms with van der Waals surface area (Å²) in [5, 5.41) is 9.29. The van der Waals surface area contributed by atoms with E-state index in [1.54, 1.807) is 0 Å². The zero-order valence-electron chi connectivity index (χ0n) is 13.1. The fourth-order valence-corrected chi connectivity index (χ4v) is 3.81. The average molecular weight is 284 g/mol. The van der Waals surface area contributed by atoms with Crippen LogP contribution in [0.1, 0.15) is 46.0 Å².